The highest BCUT2D eigenvalue weighted by atomic mass is 16.2. The van der Waals surface area contributed by atoms with E-state index in [0.29, 0.717) is 38.5 Å². The quantitative estimate of drug-likeness (QED) is 0.628. The zero-order valence-electron chi connectivity index (χ0n) is 18.2. The maximum atomic E-state index is 12.8. The predicted molar refractivity (Wildman–Crippen MR) is 125 cm³/mol. The number of carbonyl (C=O) groups is 2. The van der Waals surface area contributed by atoms with E-state index >= 15 is 0 Å². The molecule has 4 rings (SSSR count). The number of carbonyl (C=O) groups excluding carboxylic acids is 2. The molecule has 3 aromatic rings. The number of anilines is 1. The van der Waals surface area contributed by atoms with Crippen molar-refractivity contribution in [1.29, 1.82) is 0 Å². The second-order valence-electron chi connectivity index (χ2n) is 7.68. The molecule has 1 fully saturated rings. The Balaban J connectivity index is 1.45. The zero-order chi connectivity index (χ0) is 22.3. The topological polar surface area (TPSA) is 82.5 Å². The Labute approximate surface area is 187 Å². The van der Waals surface area contributed by atoms with Crippen LogP contribution in [0.5, 0.6) is 0 Å². The molecule has 2 heterocycles. The lowest BCUT2D eigenvalue weighted by Gasteiger charge is -2.34. The molecule has 0 aliphatic carbocycles. The van der Waals surface area contributed by atoms with E-state index in [9.17, 15) is 9.59 Å². The Morgan fingerprint density at radius 1 is 0.938 bits per heavy atom. The molecular formula is C24H28N6O2. The average Bonchev–Trinajstić information content (AvgIpc) is 3.24. The van der Waals surface area contributed by atoms with Crippen LogP contribution in [0.4, 0.5) is 10.6 Å². The molecule has 0 atom stereocenters. The smallest absolute Gasteiger partial charge is 0.317 e. The lowest BCUT2D eigenvalue weighted by molar-refractivity contribution is -0.117. The summed E-state index contributed by atoms with van der Waals surface area (Å²) >= 11 is 0. The van der Waals surface area contributed by atoms with E-state index in [1.54, 1.807) is 9.58 Å². The molecule has 1 aliphatic rings. The molecule has 3 amide bonds. The number of nitrogens with one attached hydrogen (secondary N) is 2. The van der Waals surface area contributed by atoms with E-state index < -0.39 is 0 Å². The monoisotopic (exact) mass is 432 g/mol. The summed E-state index contributed by atoms with van der Waals surface area (Å²) in [7, 11) is 0. The molecule has 0 saturated carbocycles. The Bertz CT molecular complexity index is 1040. The van der Waals surface area contributed by atoms with Crippen LogP contribution in [0.2, 0.25) is 0 Å². The van der Waals surface area contributed by atoms with Gasteiger partial charge in [0.25, 0.3) is 0 Å². The number of urea groups is 1. The molecule has 32 heavy (non-hydrogen) atoms. The third-order valence-electron chi connectivity index (χ3n) is 5.40. The number of aromatic nitrogens is 2. The molecule has 1 aromatic heterocycles. The average molecular weight is 433 g/mol. The molecule has 2 N–H and O–H groups in total. The summed E-state index contributed by atoms with van der Waals surface area (Å²) in [5, 5.41) is 10.6. The van der Waals surface area contributed by atoms with Gasteiger partial charge in [0, 0.05) is 44.4 Å². The first-order valence-electron chi connectivity index (χ1n) is 10.9. The van der Waals surface area contributed by atoms with Gasteiger partial charge < -0.3 is 15.5 Å². The number of nitrogens with zero attached hydrogens (tertiary/aromatic N) is 4. The molecule has 1 aliphatic heterocycles. The Hall–Kier alpha value is -3.65. The molecule has 2 aromatic carbocycles. The van der Waals surface area contributed by atoms with Crippen molar-refractivity contribution in [1.82, 2.24) is 24.9 Å². The first kappa shape index (κ1) is 21.6. The Kier molecular flexibility index (Phi) is 6.81. The van der Waals surface area contributed by atoms with Gasteiger partial charge in [-0.15, -0.1) is 0 Å². The largest absolute Gasteiger partial charge is 0.338 e. The van der Waals surface area contributed by atoms with E-state index in [-0.39, 0.29) is 18.5 Å². The van der Waals surface area contributed by atoms with Gasteiger partial charge in [-0.05, 0) is 19.1 Å². The fourth-order valence-electron chi connectivity index (χ4n) is 3.74. The van der Waals surface area contributed by atoms with Gasteiger partial charge in [-0.25, -0.2) is 9.48 Å². The number of hydrogen-bond acceptors (Lipinski definition) is 4. The van der Waals surface area contributed by atoms with E-state index in [2.05, 4.69) is 15.5 Å². The van der Waals surface area contributed by atoms with Crippen molar-refractivity contribution in [2.45, 2.75) is 6.92 Å². The van der Waals surface area contributed by atoms with Crippen LogP contribution >= 0.6 is 0 Å². The molecule has 0 spiro atoms. The number of para-hydroxylation sites is 1. The molecule has 8 nitrogen and oxygen atoms in total. The first-order chi connectivity index (χ1) is 15.6. The Morgan fingerprint density at radius 2 is 1.59 bits per heavy atom. The standard InChI is InChI=1S/C24H28N6O2/c1-2-25-24(32)29-15-13-28(14-16-29)18-23(31)26-22-17-21(19-9-5-3-6-10-19)27-30(22)20-11-7-4-8-12-20/h3-12,17H,2,13-16,18H2,1H3,(H,25,32)(H,26,31). The summed E-state index contributed by atoms with van der Waals surface area (Å²) in [4.78, 5) is 28.7. The highest BCUT2D eigenvalue weighted by molar-refractivity contribution is 5.92. The van der Waals surface area contributed by atoms with Gasteiger partial charge in [0.1, 0.15) is 5.82 Å². The first-order valence-corrected chi connectivity index (χ1v) is 10.9. The molecule has 0 bridgehead atoms. The van der Waals surface area contributed by atoms with Crippen molar-refractivity contribution in [3.8, 4) is 16.9 Å². The van der Waals surface area contributed by atoms with Crippen molar-refractivity contribution in [2.24, 2.45) is 0 Å². The number of hydrogen-bond donors (Lipinski definition) is 2. The lowest BCUT2D eigenvalue weighted by Crippen LogP contribution is -2.53. The van der Waals surface area contributed by atoms with Crippen molar-refractivity contribution in [3.63, 3.8) is 0 Å². The van der Waals surface area contributed by atoms with E-state index in [1.165, 1.54) is 0 Å². The van der Waals surface area contributed by atoms with Gasteiger partial charge >= 0.3 is 6.03 Å². The highest BCUT2D eigenvalue weighted by Crippen LogP contribution is 2.24. The van der Waals surface area contributed by atoms with Gasteiger partial charge in [0.05, 0.1) is 17.9 Å². The number of piperazine rings is 1. The summed E-state index contributed by atoms with van der Waals surface area (Å²) in [5.41, 5.74) is 2.65. The zero-order valence-corrected chi connectivity index (χ0v) is 18.2. The number of benzene rings is 2. The van der Waals surface area contributed by atoms with Crippen LogP contribution in [0.25, 0.3) is 16.9 Å². The van der Waals surface area contributed by atoms with Gasteiger partial charge in [0.2, 0.25) is 5.91 Å². The highest BCUT2D eigenvalue weighted by Gasteiger charge is 2.22. The summed E-state index contributed by atoms with van der Waals surface area (Å²) in [5.74, 6) is 0.522. The summed E-state index contributed by atoms with van der Waals surface area (Å²) in [6.45, 7) is 5.33. The summed E-state index contributed by atoms with van der Waals surface area (Å²) < 4.78 is 1.76. The molecular weight excluding hydrogens is 404 g/mol. The van der Waals surface area contributed by atoms with Gasteiger partial charge in [-0.1, -0.05) is 48.5 Å². The minimum atomic E-state index is -0.104. The van der Waals surface area contributed by atoms with Crippen molar-refractivity contribution in [3.05, 3.63) is 66.7 Å². The van der Waals surface area contributed by atoms with Crippen LogP contribution in [0.15, 0.2) is 66.7 Å². The SMILES string of the molecule is CCNC(=O)N1CCN(CC(=O)Nc2cc(-c3ccccc3)nn2-c2ccccc2)CC1. The minimum Gasteiger partial charge on any atom is -0.338 e. The van der Waals surface area contributed by atoms with Crippen LogP contribution in [0.3, 0.4) is 0 Å². The third kappa shape index (κ3) is 5.15. The maximum Gasteiger partial charge on any atom is 0.317 e. The van der Waals surface area contributed by atoms with Gasteiger partial charge in [0.15, 0.2) is 0 Å². The fourth-order valence-corrected chi connectivity index (χ4v) is 3.74. The van der Waals surface area contributed by atoms with Crippen molar-refractivity contribution < 1.29 is 9.59 Å². The van der Waals surface area contributed by atoms with Crippen LogP contribution in [0.1, 0.15) is 6.92 Å². The Morgan fingerprint density at radius 3 is 2.25 bits per heavy atom. The van der Waals surface area contributed by atoms with Gasteiger partial charge in [-0.2, -0.15) is 5.10 Å². The van der Waals surface area contributed by atoms with E-state index in [0.717, 1.165) is 16.9 Å². The van der Waals surface area contributed by atoms with Crippen molar-refractivity contribution in [2.75, 3.05) is 44.6 Å². The predicted octanol–water partition coefficient (Wildman–Crippen LogP) is 2.82. The fraction of sp³-hybridized carbons (Fsp3) is 0.292. The van der Waals surface area contributed by atoms with Crippen LogP contribution in [-0.4, -0.2) is 70.8 Å². The van der Waals surface area contributed by atoms with E-state index in [1.807, 2.05) is 73.7 Å². The van der Waals surface area contributed by atoms with E-state index in [4.69, 9.17) is 5.10 Å². The molecule has 8 heteroatoms. The summed E-state index contributed by atoms with van der Waals surface area (Å²) in [6, 6.07) is 21.5. The third-order valence-corrected chi connectivity index (χ3v) is 5.40. The lowest BCUT2D eigenvalue weighted by atomic mass is 10.1. The van der Waals surface area contributed by atoms with Crippen LogP contribution < -0.4 is 10.6 Å². The second kappa shape index (κ2) is 10.1. The molecule has 0 unspecified atom stereocenters. The molecule has 1 saturated heterocycles. The minimum absolute atomic E-state index is 0.0446. The summed E-state index contributed by atoms with van der Waals surface area (Å²) in [6.07, 6.45) is 0. The second-order valence-corrected chi connectivity index (χ2v) is 7.68. The number of amides is 3. The normalized spacial score (nSPS) is 14.2. The maximum absolute atomic E-state index is 12.8. The number of rotatable bonds is 6. The molecule has 0 radical (unpaired) electrons. The van der Waals surface area contributed by atoms with Crippen LogP contribution in [0, 0.1) is 0 Å². The van der Waals surface area contributed by atoms with Gasteiger partial charge in [-0.3, -0.25) is 9.69 Å². The molecule has 166 valence electrons. The van der Waals surface area contributed by atoms with Crippen LogP contribution in [-0.2, 0) is 4.79 Å². The van der Waals surface area contributed by atoms with Crippen molar-refractivity contribution >= 4 is 17.8 Å².